The summed E-state index contributed by atoms with van der Waals surface area (Å²) in [4.78, 5) is 0. The van der Waals surface area contributed by atoms with E-state index in [-0.39, 0.29) is 0 Å². The van der Waals surface area contributed by atoms with E-state index in [0.29, 0.717) is 19.3 Å². The molecule has 0 unspecified atom stereocenters. The van der Waals surface area contributed by atoms with Crippen LogP contribution in [0.3, 0.4) is 0 Å². The molecule has 1 fully saturated rings. The zero-order valence-corrected chi connectivity index (χ0v) is 8.43. The van der Waals surface area contributed by atoms with E-state index >= 15 is 0 Å². The number of H-pyrrole nitrogens is 1. The number of aromatic amines is 1. The summed E-state index contributed by atoms with van der Waals surface area (Å²) in [7, 11) is 0. The van der Waals surface area contributed by atoms with E-state index < -0.39 is 0 Å². The molecular formula is C8H13N3OS. The van der Waals surface area contributed by atoms with Gasteiger partial charge in [0.15, 0.2) is 10.6 Å². The fourth-order valence-electron chi connectivity index (χ4n) is 1.34. The van der Waals surface area contributed by atoms with E-state index in [9.17, 15) is 0 Å². The topological polar surface area (TPSA) is 42.8 Å². The van der Waals surface area contributed by atoms with Crippen LogP contribution >= 0.6 is 12.2 Å². The third-order valence-electron chi connectivity index (χ3n) is 2.12. The van der Waals surface area contributed by atoms with Gasteiger partial charge in [0, 0.05) is 12.6 Å². The summed E-state index contributed by atoms with van der Waals surface area (Å²) < 4.78 is 8.10. The maximum Gasteiger partial charge on any atom is 0.195 e. The van der Waals surface area contributed by atoms with Crippen molar-refractivity contribution in [2.24, 2.45) is 0 Å². The first kappa shape index (κ1) is 8.90. The number of nitrogens with zero attached hydrogens (tertiary/aromatic N) is 2. The van der Waals surface area contributed by atoms with Crippen LogP contribution in [0.15, 0.2) is 0 Å². The Labute approximate surface area is 81.9 Å². The summed E-state index contributed by atoms with van der Waals surface area (Å²) in [6.07, 6.45) is 2.43. The second-order valence-electron chi connectivity index (χ2n) is 3.18. The Hall–Kier alpha value is -0.680. The molecule has 1 N–H and O–H groups in total. The molecule has 0 spiro atoms. The van der Waals surface area contributed by atoms with Crippen LogP contribution in [-0.2, 0) is 11.3 Å². The average molecular weight is 199 g/mol. The quantitative estimate of drug-likeness (QED) is 0.752. The van der Waals surface area contributed by atoms with Crippen molar-refractivity contribution in [3.63, 3.8) is 0 Å². The van der Waals surface area contributed by atoms with Crippen molar-refractivity contribution in [2.75, 3.05) is 6.61 Å². The molecule has 5 heteroatoms. The van der Waals surface area contributed by atoms with Gasteiger partial charge < -0.3 is 4.74 Å². The lowest BCUT2D eigenvalue weighted by Crippen LogP contribution is -2.04. The molecule has 0 amide bonds. The number of ether oxygens (including phenoxy) is 1. The molecule has 0 atom stereocenters. The average Bonchev–Trinajstić information content (AvgIpc) is 2.88. The van der Waals surface area contributed by atoms with E-state index in [1.54, 1.807) is 0 Å². The normalized spacial score (nSPS) is 16.4. The number of aromatic nitrogens is 3. The third kappa shape index (κ3) is 1.81. The molecule has 1 aliphatic carbocycles. The molecule has 0 aromatic carbocycles. The van der Waals surface area contributed by atoms with Crippen LogP contribution in [0, 0.1) is 4.77 Å². The molecule has 0 saturated heterocycles. The van der Waals surface area contributed by atoms with Gasteiger partial charge in [0.25, 0.3) is 0 Å². The molecule has 1 aromatic heterocycles. The Morgan fingerprint density at radius 2 is 2.46 bits per heavy atom. The summed E-state index contributed by atoms with van der Waals surface area (Å²) in [6, 6.07) is 0.571. The van der Waals surface area contributed by atoms with Crippen LogP contribution in [0.25, 0.3) is 0 Å². The predicted molar refractivity (Wildman–Crippen MR) is 51.0 cm³/mol. The molecule has 1 aromatic rings. The van der Waals surface area contributed by atoms with E-state index in [1.807, 2.05) is 6.92 Å². The van der Waals surface area contributed by atoms with Gasteiger partial charge in [-0.1, -0.05) is 0 Å². The second kappa shape index (κ2) is 3.59. The van der Waals surface area contributed by atoms with Gasteiger partial charge in [-0.15, -0.1) is 0 Å². The molecule has 72 valence electrons. The van der Waals surface area contributed by atoms with Gasteiger partial charge in [-0.25, -0.2) is 0 Å². The van der Waals surface area contributed by atoms with Gasteiger partial charge in [-0.3, -0.25) is 9.67 Å². The Balaban J connectivity index is 2.18. The maximum absolute atomic E-state index is 5.30. The molecule has 0 bridgehead atoms. The van der Waals surface area contributed by atoms with Crippen LogP contribution in [0.4, 0.5) is 0 Å². The van der Waals surface area contributed by atoms with Crippen molar-refractivity contribution < 1.29 is 4.74 Å². The second-order valence-corrected chi connectivity index (χ2v) is 3.57. The van der Waals surface area contributed by atoms with Crippen LogP contribution in [0.2, 0.25) is 0 Å². The predicted octanol–water partition coefficient (Wildman–Crippen LogP) is 1.81. The minimum absolute atomic E-state index is 0.556. The molecule has 1 heterocycles. The zero-order chi connectivity index (χ0) is 9.26. The van der Waals surface area contributed by atoms with Crippen molar-refractivity contribution in [1.29, 1.82) is 0 Å². The molecule has 0 radical (unpaired) electrons. The summed E-state index contributed by atoms with van der Waals surface area (Å²) in [5.74, 6) is 0.925. The number of hydrogen-bond donors (Lipinski definition) is 1. The van der Waals surface area contributed by atoms with E-state index in [2.05, 4.69) is 14.8 Å². The minimum Gasteiger partial charge on any atom is -0.374 e. The number of rotatable bonds is 4. The minimum atomic E-state index is 0.556. The molecule has 4 nitrogen and oxygen atoms in total. The lowest BCUT2D eigenvalue weighted by Gasteiger charge is -2.03. The van der Waals surface area contributed by atoms with E-state index in [1.165, 1.54) is 12.8 Å². The molecule has 13 heavy (non-hydrogen) atoms. The van der Waals surface area contributed by atoms with Crippen LogP contribution in [0.1, 0.15) is 31.6 Å². The number of nitrogens with one attached hydrogen (secondary N) is 1. The Morgan fingerprint density at radius 1 is 1.69 bits per heavy atom. The van der Waals surface area contributed by atoms with Gasteiger partial charge in [-0.2, -0.15) is 5.10 Å². The van der Waals surface area contributed by atoms with Crippen molar-refractivity contribution in [3.8, 4) is 0 Å². The van der Waals surface area contributed by atoms with Crippen molar-refractivity contribution >= 4 is 12.2 Å². The maximum atomic E-state index is 5.30. The van der Waals surface area contributed by atoms with E-state index in [4.69, 9.17) is 17.0 Å². The van der Waals surface area contributed by atoms with Gasteiger partial charge in [-0.05, 0) is 32.0 Å². The fourth-order valence-corrected chi connectivity index (χ4v) is 1.64. The molecule has 1 aliphatic rings. The Kier molecular flexibility index (Phi) is 2.46. The highest BCUT2D eigenvalue weighted by Gasteiger charge is 2.26. The largest absolute Gasteiger partial charge is 0.374 e. The molecule has 2 rings (SSSR count). The first-order valence-corrected chi connectivity index (χ1v) is 4.97. The zero-order valence-electron chi connectivity index (χ0n) is 7.62. The van der Waals surface area contributed by atoms with Gasteiger partial charge >= 0.3 is 0 Å². The summed E-state index contributed by atoms with van der Waals surface area (Å²) >= 11 is 5.13. The highest BCUT2D eigenvalue weighted by Crippen LogP contribution is 2.35. The number of hydrogen-bond acceptors (Lipinski definition) is 3. The lowest BCUT2D eigenvalue weighted by molar-refractivity contribution is 0.125. The first-order valence-electron chi connectivity index (χ1n) is 4.56. The smallest absolute Gasteiger partial charge is 0.195 e. The lowest BCUT2D eigenvalue weighted by atomic mass is 10.5. The Bertz CT molecular complexity index is 339. The summed E-state index contributed by atoms with van der Waals surface area (Å²) in [6.45, 7) is 3.24. The highest BCUT2D eigenvalue weighted by molar-refractivity contribution is 7.71. The first-order chi connectivity index (χ1) is 6.33. The standard InChI is InChI=1S/C8H13N3OS/c1-2-12-5-7-9-10-8(13)11(7)6-3-4-6/h6H,2-5H2,1H3,(H,10,13). The SMILES string of the molecule is CCOCc1n[nH]c(=S)n1C1CC1. The van der Waals surface area contributed by atoms with Gasteiger partial charge in [0.2, 0.25) is 0 Å². The van der Waals surface area contributed by atoms with Crippen LogP contribution < -0.4 is 0 Å². The van der Waals surface area contributed by atoms with Gasteiger partial charge in [0.1, 0.15) is 6.61 Å². The molecular weight excluding hydrogens is 186 g/mol. The third-order valence-corrected chi connectivity index (χ3v) is 2.41. The van der Waals surface area contributed by atoms with Gasteiger partial charge in [0.05, 0.1) is 0 Å². The van der Waals surface area contributed by atoms with Crippen LogP contribution in [-0.4, -0.2) is 21.4 Å². The monoisotopic (exact) mass is 199 g/mol. The van der Waals surface area contributed by atoms with Crippen molar-refractivity contribution in [2.45, 2.75) is 32.4 Å². The van der Waals surface area contributed by atoms with Crippen molar-refractivity contribution in [1.82, 2.24) is 14.8 Å². The Morgan fingerprint density at radius 3 is 3.08 bits per heavy atom. The molecule has 1 saturated carbocycles. The fraction of sp³-hybridized carbons (Fsp3) is 0.750. The summed E-state index contributed by atoms with van der Waals surface area (Å²) in [5, 5.41) is 6.94. The summed E-state index contributed by atoms with van der Waals surface area (Å²) in [5.41, 5.74) is 0. The van der Waals surface area contributed by atoms with Crippen molar-refractivity contribution in [3.05, 3.63) is 10.6 Å². The molecule has 0 aliphatic heterocycles. The van der Waals surface area contributed by atoms with Crippen LogP contribution in [0.5, 0.6) is 0 Å². The van der Waals surface area contributed by atoms with E-state index in [0.717, 1.165) is 10.6 Å². The highest BCUT2D eigenvalue weighted by atomic mass is 32.1.